The molecule has 1 aromatic rings. The molecule has 0 saturated carbocycles. The molecule has 1 unspecified atom stereocenters. The van der Waals surface area contributed by atoms with Gasteiger partial charge in [-0.1, -0.05) is 13.0 Å². The van der Waals surface area contributed by atoms with Crippen molar-refractivity contribution < 1.29 is 24.2 Å². The second-order valence-electron chi connectivity index (χ2n) is 5.50. The van der Waals surface area contributed by atoms with Crippen molar-refractivity contribution in [3.8, 4) is 0 Å². The number of anilines is 1. The minimum Gasteiger partial charge on any atom is -0.480 e. The molecular formula is C15H19N2O5Si. The van der Waals surface area contributed by atoms with E-state index in [0.29, 0.717) is 5.69 Å². The summed E-state index contributed by atoms with van der Waals surface area (Å²) in [4.78, 5) is 34.1. The maximum Gasteiger partial charge on any atom is 0.338 e. The van der Waals surface area contributed by atoms with E-state index in [2.05, 4.69) is 20.9 Å². The van der Waals surface area contributed by atoms with Crippen LogP contribution in [0.25, 0.3) is 0 Å². The molecule has 7 nitrogen and oxygen atoms in total. The van der Waals surface area contributed by atoms with Crippen molar-refractivity contribution >= 4 is 33.9 Å². The van der Waals surface area contributed by atoms with Crippen molar-refractivity contribution in [3.63, 3.8) is 0 Å². The highest BCUT2D eigenvalue weighted by atomic mass is 28.1. The van der Waals surface area contributed by atoms with Gasteiger partial charge in [0, 0.05) is 15.9 Å². The normalized spacial score (nSPS) is 12.2. The monoisotopic (exact) mass is 335 g/mol. The van der Waals surface area contributed by atoms with E-state index in [4.69, 9.17) is 9.84 Å². The Morgan fingerprint density at radius 2 is 2.00 bits per heavy atom. The van der Waals surface area contributed by atoms with Crippen LogP contribution in [-0.4, -0.2) is 45.5 Å². The van der Waals surface area contributed by atoms with E-state index < -0.39 is 30.1 Å². The predicted molar refractivity (Wildman–Crippen MR) is 85.8 cm³/mol. The van der Waals surface area contributed by atoms with Crippen LogP contribution in [0.4, 0.5) is 10.5 Å². The smallest absolute Gasteiger partial charge is 0.338 e. The number of urea groups is 1. The van der Waals surface area contributed by atoms with Crippen LogP contribution in [0.15, 0.2) is 24.3 Å². The van der Waals surface area contributed by atoms with Crippen molar-refractivity contribution in [2.75, 3.05) is 11.9 Å². The number of carbonyl (C=O) groups is 3. The van der Waals surface area contributed by atoms with E-state index in [-0.39, 0.29) is 11.1 Å². The Labute approximate surface area is 137 Å². The van der Waals surface area contributed by atoms with Crippen LogP contribution >= 0.6 is 0 Å². The van der Waals surface area contributed by atoms with E-state index in [1.165, 1.54) is 6.07 Å². The highest BCUT2D eigenvalue weighted by molar-refractivity contribution is 6.12. The van der Waals surface area contributed by atoms with Gasteiger partial charge in [0.25, 0.3) is 0 Å². The number of rotatable bonds is 6. The number of hydrogen-bond acceptors (Lipinski definition) is 4. The van der Waals surface area contributed by atoms with Gasteiger partial charge in [-0.15, -0.1) is 0 Å². The van der Waals surface area contributed by atoms with E-state index in [0.717, 1.165) is 0 Å². The van der Waals surface area contributed by atoms with Gasteiger partial charge in [0.05, 0.1) is 5.56 Å². The van der Waals surface area contributed by atoms with Crippen LogP contribution in [0.1, 0.15) is 31.1 Å². The first-order valence-corrected chi connectivity index (χ1v) is 7.50. The molecule has 0 aromatic heterocycles. The van der Waals surface area contributed by atoms with E-state index in [1.54, 1.807) is 32.0 Å². The molecule has 0 fully saturated rings. The van der Waals surface area contributed by atoms with E-state index in [1.807, 2.05) is 6.92 Å². The minimum atomic E-state index is -1.15. The first-order valence-electron chi connectivity index (χ1n) is 6.93. The van der Waals surface area contributed by atoms with Gasteiger partial charge in [0.2, 0.25) is 0 Å². The molecule has 0 saturated heterocycles. The molecule has 8 heteroatoms. The van der Waals surface area contributed by atoms with E-state index in [9.17, 15) is 14.4 Å². The molecule has 3 N–H and O–H groups in total. The third kappa shape index (κ3) is 6.11. The average molecular weight is 335 g/mol. The SMILES string of the molecule is CC([Si])C(C)(C)OC(=O)c1cccc(NC(=O)NCC(=O)O)c1. The number of hydrogen-bond donors (Lipinski definition) is 3. The summed E-state index contributed by atoms with van der Waals surface area (Å²) in [5, 5.41) is 13.1. The van der Waals surface area contributed by atoms with Gasteiger partial charge in [-0.25, -0.2) is 9.59 Å². The Balaban J connectivity index is 2.75. The van der Waals surface area contributed by atoms with Gasteiger partial charge in [0.1, 0.15) is 12.1 Å². The Bertz CT molecular complexity index is 601. The Morgan fingerprint density at radius 1 is 1.35 bits per heavy atom. The van der Waals surface area contributed by atoms with Crippen molar-refractivity contribution in [3.05, 3.63) is 29.8 Å². The summed E-state index contributed by atoms with van der Waals surface area (Å²) in [6, 6.07) is 5.52. The Morgan fingerprint density at radius 3 is 2.57 bits per heavy atom. The zero-order valence-electron chi connectivity index (χ0n) is 13.2. The largest absolute Gasteiger partial charge is 0.480 e. The number of ether oxygens (including phenoxy) is 1. The third-order valence-electron chi connectivity index (χ3n) is 3.15. The van der Waals surface area contributed by atoms with Crippen LogP contribution in [0, 0.1) is 0 Å². The van der Waals surface area contributed by atoms with Gasteiger partial charge in [-0.2, -0.15) is 0 Å². The van der Waals surface area contributed by atoms with Crippen LogP contribution in [0.5, 0.6) is 0 Å². The molecule has 2 amide bonds. The predicted octanol–water partition coefficient (Wildman–Crippen LogP) is 1.80. The van der Waals surface area contributed by atoms with Crippen LogP contribution in [0.3, 0.4) is 0 Å². The molecule has 3 radical (unpaired) electrons. The van der Waals surface area contributed by atoms with Crippen molar-refractivity contribution in [2.45, 2.75) is 31.9 Å². The summed E-state index contributed by atoms with van der Waals surface area (Å²) in [6.07, 6.45) is 0. The molecule has 0 aliphatic carbocycles. The molecule has 1 atom stereocenters. The summed E-state index contributed by atoms with van der Waals surface area (Å²) in [5.74, 6) is -1.67. The number of esters is 1. The summed E-state index contributed by atoms with van der Waals surface area (Å²) in [7, 11) is 3.44. The zero-order valence-corrected chi connectivity index (χ0v) is 14.2. The molecule has 23 heavy (non-hydrogen) atoms. The number of carboxylic acids is 1. The van der Waals surface area contributed by atoms with Crippen LogP contribution in [0.2, 0.25) is 5.54 Å². The molecular weight excluding hydrogens is 316 g/mol. The second-order valence-corrected chi connectivity index (χ2v) is 6.36. The summed E-state index contributed by atoms with van der Waals surface area (Å²) in [6.45, 7) is 4.94. The fourth-order valence-corrected chi connectivity index (χ4v) is 1.50. The lowest BCUT2D eigenvalue weighted by Gasteiger charge is -2.29. The van der Waals surface area contributed by atoms with Gasteiger partial charge < -0.3 is 20.5 Å². The van der Waals surface area contributed by atoms with E-state index >= 15 is 0 Å². The fraction of sp³-hybridized carbons (Fsp3) is 0.400. The standard InChI is InChI=1S/C15H19N2O5Si/c1-9(23)15(2,3)22-13(20)10-5-4-6-11(7-10)17-14(21)16-8-12(18)19/h4-7,9H,8H2,1-3H3,(H,18,19)(H2,16,17,21). The van der Waals surface area contributed by atoms with Crippen LogP contribution in [-0.2, 0) is 9.53 Å². The quantitative estimate of drug-likeness (QED) is 0.543. The first-order chi connectivity index (χ1) is 10.6. The molecule has 0 heterocycles. The number of benzene rings is 1. The summed E-state index contributed by atoms with van der Waals surface area (Å²) < 4.78 is 5.43. The summed E-state index contributed by atoms with van der Waals surface area (Å²) in [5.41, 5.74) is -0.112. The molecule has 0 spiro atoms. The van der Waals surface area contributed by atoms with Gasteiger partial charge in [0.15, 0.2) is 0 Å². The average Bonchev–Trinajstić information content (AvgIpc) is 2.44. The number of carbonyl (C=O) groups excluding carboxylic acids is 2. The summed E-state index contributed by atoms with van der Waals surface area (Å²) >= 11 is 0. The lowest BCUT2D eigenvalue weighted by Crippen LogP contribution is -2.33. The second kappa shape index (κ2) is 7.77. The van der Waals surface area contributed by atoms with Crippen molar-refractivity contribution in [1.29, 1.82) is 0 Å². The molecule has 123 valence electrons. The molecule has 0 aliphatic rings. The maximum atomic E-state index is 12.2. The molecule has 1 rings (SSSR count). The van der Waals surface area contributed by atoms with Gasteiger partial charge in [-0.05, 0) is 37.6 Å². The van der Waals surface area contributed by atoms with Crippen molar-refractivity contribution in [1.82, 2.24) is 5.32 Å². The molecule has 0 aliphatic heterocycles. The highest BCUT2D eigenvalue weighted by Crippen LogP contribution is 2.25. The number of aliphatic carboxylic acids is 1. The Kier molecular flexibility index (Phi) is 6.32. The lowest BCUT2D eigenvalue weighted by molar-refractivity contribution is -0.135. The Hall–Kier alpha value is -2.35. The van der Waals surface area contributed by atoms with Gasteiger partial charge >= 0.3 is 18.0 Å². The van der Waals surface area contributed by atoms with Crippen molar-refractivity contribution in [2.24, 2.45) is 0 Å². The third-order valence-corrected chi connectivity index (χ3v) is 3.85. The minimum absolute atomic E-state index is 0.0467. The fourth-order valence-electron chi connectivity index (χ4n) is 1.44. The topological polar surface area (TPSA) is 105 Å². The zero-order chi connectivity index (χ0) is 17.6. The number of nitrogens with one attached hydrogen (secondary N) is 2. The first kappa shape index (κ1) is 18.7. The number of amides is 2. The van der Waals surface area contributed by atoms with Gasteiger partial charge in [-0.3, -0.25) is 4.79 Å². The highest BCUT2D eigenvalue weighted by Gasteiger charge is 2.27. The number of carboxylic acid groups (broad SMARTS) is 1. The maximum absolute atomic E-state index is 12.2. The lowest BCUT2D eigenvalue weighted by atomic mass is 10.1. The molecule has 0 bridgehead atoms. The molecule has 1 aromatic carbocycles. The van der Waals surface area contributed by atoms with Crippen LogP contribution < -0.4 is 10.6 Å².